The SMILES string of the molecule is CCCC(=O)O.NC1=C2C=CC(=C1)C2.S. The molecule has 84 valence electrons. The third-order valence-corrected chi connectivity index (χ3v) is 2.07. The molecule has 2 rings (SSSR count). The molecule has 0 aliphatic heterocycles. The number of carboxylic acid groups (broad SMARTS) is 1. The Hall–Kier alpha value is -1.16. The molecule has 0 amide bonds. The number of fused-ring (bicyclic) bond motifs is 2. The van der Waals surface area contributed by atoms with Crippen LogP contribution in [0.3, 0.4) is 0 Å². The molecule has 2 aliphatic carbocycles. The smallest absolute Gasteiger partial charge is 0.303 e. The fourth-order valence-corrected chi connectivity index (χ4v) is 1.35. The Kier molecular flexibility index (Phi) is 5.86. The van der Waals surface area contributed by atoms with Crippen molar-refractivity contribution in [3.8, 4) is 0 Å². The Balaban J connectivity index is 0.000000258. The third kappa shape index (κ3) is 4.25. The summed E-state index contributed by atoms with van der Waals surface area (Å²) in [5.74, 6) is -0.711. The lowest BCUT2D eigenvalue weighted by molar-refractivity contribution is -0.137. The number of nitrogens with two attached hydrogens (primary N) is 1. The number of carboxylic acids is 1. The lowest BCUT2D eigenvalue weighted by Crippen LogP contribution is -1.93. The Morgan fingerprint density at radius 3 is 2.33 bits per heavy atom. The first-order chi connectivity index (χ1) is 6.63. The van der Waals surface area contributed by atoms with Crippen molar-refractivity contribution in [3.63, 3.8) is 0 Å². The number of carbonyl (C=O) groups is 1. The molecule has 3 N–H and O–H groups in total. The molecule has 3 nitrogen and oxygen atoms in total. The monoisotopic (exact) mass is 227 g/mol. The minimum absolute atomic E-state index is 0. The molecule has 15 heavy (non-hydrogen) atoms. The molecule has 0 spiro atoms. The van der Waals surface area contributed by atoms with Crippen molar-refractivity contribution in [2.45, 2.75) is 26.2 Å². The van der Waals surface area contributed by atoms with Crippen molar-refractivity contribution in [3.05, 3.63) is 35.1 Å². The van der Waals surface area contributed by atoms with E-state index in [1.54, 1.807) is 0 Å². The van der Waals surface area contributed by atoms with E-state index in [-0.39, 0.29) is 13.5 Å². The normalized spacial score (nSPS) is 15.4. The highest BCUT2D eigenvalue weighted by Gasteiger charge is 2.14. The lowest BCUT2D eigenvalue weighted by atomic mass is 10.2. The lowest BCUT2D eigenvalue weighted by Gasteiger charge is -1.90. The van der Waals surface area contributed by atoms with Crippen LogP contribution >= 0.6 is 13.5 Å². The number of aliphatic carboxylic acids is 1. The summed E-state index contributed by atoms with van der Waals surface area (Å²) < 4.78 is 0. The summed E-state index contributed by atoms with van der Waals surface area (Å²) in [6, 6.07) is 0. The molecule has 0 aromatic heterocycles. The highest BCUT2D eigenvalue weighted by atomic mass is 32.1. The first-order valence-corrected chi connectivity index (χ1v) is 4.72. The van der Waals surface area contributed by atoms with Gasteiger partial charge in [-0.3, -0.25) is 4.79 Å². The van der Waals surface area contributed by atoms with Crippen LogP contribution in [0.25, 0.3) is 0 Å². The van der Waals surface area contributed by atoms with Crippen LogP contribution in [-0.4, -0.2) is 11.1 Å². The van der Waals surface area contributed by atoms with Gasteiger partial charge in [-0.2, -0.15) is 13.5 Å². The summed E-state index contributed by atoms with van der Waals surface area (Å²) in [5.41, 5.74) is 9.18. The minimum Gasteiger partial charge on any atom is -0.481 e. The van der Waals surface area contributed by atoms with E-state index in [9.17, 15) is 4.79 Å². The molecular weight excluding hydrogens is 210 g/mol. The third-order valence-electron chi connectivity index (χ3n) is 2.07. The van der Waals surface area contributed by atoms with E-state index in [0.717, 1.165) is 18.5 Å². The van der Waals surface area contributed by atoms with Crippen molar-refractivity contribution < 1.29 is 9.90 Å². The van der Waals surface area contributed by atoms with Gasteiger partial charge < -0.3 is 10.8 Å². The quantitative estimate of drug-likeness (QED) is 0.759. The average Bonchev–Trinajstić information content (AvgIpc) is 2.65. The van der Waals surface area contributed by atoms with Crippen LogP contribution in [0.2, 0.25) is 0 Å². The minimum atomic E-state index is -0.711. The second-order valence-electron chi connectivity index (χ2n) is 3.35. The molecule has 0 aromatic carbocycles. The van der Waals surface area contributed by atoms with Crippen molar-refractivity contribution in [1.29, 1.82) is 0 Å². The fraction of sp³-hybridized carbons (Fsp3) is 0.364. The van der Waals surface area contributed by atoms with Gasteiger partial charge in [0, 0.05) is 12.1 Å². The molecule has 2 aliphatic rings. The van der Waals surface area contributed by atoms with E-state index < -0.39 is 5.97 Å². The van der Waals surface area contributed by atoms with Gasteiger partial charge in [0.25, 0.3) is 0 Å². The average molecular weight is 227 g/mol. The van der Waals surface area contributed by atoms with Crippen molar-refractivity contribution in [2.75, 3.05) is 0 Å². The summed E-state index contributed by atoms with van der Waals surface area (Å²) >= 11 is 0. The molecule has 0 fully saturated rings. The summed E-state index contributed by atoms with van der Waals surface area (Å²) in [6.07, 6.45) is 8.34. The van der Waals surface area contributed by atoms with Crippen molar-refractivity contribution in [2.24, 2.45) is 5.73 Å². The Morgan fingerprint density at radius 2 is 2.20 bits per heavy atom. The zero-order valence-electron chi connectivity index (χ0n) is 8.79. The van der Waals surface area contributed by atoms with Crippen molar-refractivity contribution >= 4 is 19.5 Å². The summed E-state index contributed by atoms with van der Waals surface area (Å²) in [4.78, 5) is 9.60. The van der Waals surface area contributed by atoms with Gasteiger partial charge in [-0.25, -0.2) is 0 Å². The van der Waals surface area contributed by atoms with Gasteiger partial charge in [-0.05, 0) is 30.1 Å². The van der Waals surface area contributed by atoms with Gasteiger partial charge in [0.15, 0.2) is 0 Å². The molecule has 0 saturated carbocycles. The molecular formula is C11H17NO2S. The van der Waals surface area contributed by atoms with Gasteiger partial charge in [0.1, 0.15) is 0 Å². The summed E-state index contributed by atoms with van der Waals surface area (Å²) in [5, 5.41) is 7.91. The van der Waals surface area contributed by atoms with Crippen LogP contribution < -0.4 is 5.73 Å². The van der Waals surface area contributed by atoms with Crippen LogP contribution in [0, 0.1) is 0 Å². The highest BCUT2D eigenvalue weighted by Crippen LogP contribution is 2.30. The topological polar surface area (TPSA) is 63.3 Å². The first-order valence-electron chi connectivity index (χ1n) is 4.72. The molecule has 0 aromatic rings. The standard InChI is InChI=1S/C7H7N.C4H8O2.H2S/c8-7-4-5-1-2-6(7)3-5;1-2-3-4(5)6;/h1-2,4H,3,8H2;2-3H2,1H3,(H,5,6);1H2. The number of hydrogen-bond donors (Lipinski definition) is 2. The number of hydrogen-bond acceptors (Lipinski definition) is 2. The zero-order valence-corrected chi connectivity index (χ0v) is 9.79. The van der Waals surface area contributed by atoms with Crippen LogP contribution in [0.4, 0.5) is 0 Å². The second-order valence-corrected chi connectivity index (χ2v) is 3.35. The largest absolute Gasteiger partial charge is 0.481 e. The molecule has 2 bridgehead atoms. The van der Waals surface area contributed by atoms with E-state index in [2.05, 4.69) is 12.2 Å². The van der Waals surface area contributed by atoms with E-state index in [1.165, 1.54) is 11.1 Å². The molecule has 0 unspecified atom stereocenters. The molecule has 4 heteroatoms. The van der Waals surface area contributed by atoms with E-state index in [1.807, 2.05) is 13.0 Å². The van der Waals surface area contributed by atoms with Gasteiger partial charge in [0.2, 0.25) is 0 Å². The highest BCUT2D eigenvalue weighted by molar-refractivity contribution is 7.59. The van der Waals surface area contributed by atoms with Gasteiger partial charge in [-0.1, -0.05) is 19.1 Å². The van der Waals surface area contributed by atoms with Crippen LogP contribution in [0.5, 0.6) is 0 Å². The molecule has 0 saturated heterocycles. The van der Waals surface area contributed by atoms with E-state index >= 15 is 0 Å². The predicted octanol–water partition coefficient (Wildman–Crippen LogP) is 2.08. The van der Waals surface area contributed by atoms with E-state index in [4.69, 9.17) is 10.8 Å². The summed E-state index contributed by atoms with van der Waals surface area (Å²) in [7, 11) is 0. The number of rotatable bonds is 2. The predicted molar refractivity (Wildman–Crippen MR) is 66.0 cm³/mol. The van der Waals surface area contributed by atoms with Gasteiger partial charge in [0.05, 0.1) is 0 Å². The second kappa shape index (κ2) is 6.35. The Bertz CT molecular complexity index is 329. The maximum atomic E-state index is 9.60. The Morgan fingerprint density at radius 1 is 1.53 bits per heavy atom. The van der Waals surface area contributed by atoms with Crippen LogP contribution in [0.1, 0.15) is 26.2 Å². The van der Waals surface area contributed by atoms with Gasteiger partial charge >= 0.3 is 5.97 Å². The fourth-order valence-electron chi connectivity index (χ4n) is 1.35. The molecule has 0 radical (unpaired) electrons. The van der Waals surface area contributed by atoms with Gasteiger partial charge in [-0.15, -0.1) is 0 Å². The van der Waals surface area contributed by atoms with E-state index in [0.29, 0.717) is 6.42 Å². The Labute approximate surface area is 96.8 Å². The zero-order chi connectivity index (χ0) is 10.6. The first kappa shape index (κ1) is 13.8. The molecule has 0 atom stereocenters. The summed E-state index contributed by atoms with van der Waals surface area (Å²) in [6.45, 7) is 1.84. The maximum absolute atomic E-state index is 9.60. The van der Waals surface area contributed by atoms with Crippen LogP contribution in [0.15, 0.2) is 35.1 Å². The van der Waals surface area contributed by atoms with Crippen LogP contribution in [-0.2, 0) is 4.79 Å². The molecule has 0 heterocycles. The maximum Gasteiger partial charge on any atom is 0.303 e. The van der Waals surface area contributed by atoms with Crippen molar-refractivity contribution in [1.82, 2.24) is 0 Å². The number of allylic oxidation sites excluding steroid dienone is 5.